The Hall–Kier alpha value is -2.13. The summed E-state index contributed by atoms with van der Waals surface area (Å²) >= 11 is 0. The quantitative estimate of drug-likeness (QED) is 0.680. The maximum atomic E-state index is 12.8. The molecule has 1 aromatic rings. The summed E-state index contributed by atoms with van der Waals surface area (Å²) in [6.45, 7) is 8.83. The van der Waals surface area contributed by atoms with E-state index < -0.39 is 34.1 Å². The van der Waals surface area contributed by atoms with E-state index in [0.29, 0.717) is 24.7 Å². The molecule has 0 saturated heterocycles. The first-order chi connectivity index (χ1) is 12.9. The van der Waals surface area contributed by atoms with Crippen LogP contribution < -0.4 is 14.2 Å². The molecule has 1 heterocycles. The number of benzene rings is 1. The van der Waals surface area contributed by atoms with Crippen LogP contribution in [0.1, 0.15) is 34.6 Å². The largest absolute Gasteiger partial charge is 0.486 e. The molecule has 1 aromatic carbocycles. The van der Waals surface area contributed by atoms with Crippen LogP contribution >= 0.6 is 0 Å². The fourth-order valence-electron chi connectivity index (χ4n) is 2.33. The maximum Gasteiger partial charge on any atom is 0.324 e. The predicted molar refractivity (Wildman–Crippen MR) is 102 cm³/mol. The minimum absolute atomic E-state index is 0.0547. The zero-order valence-electron chi connectivity index (χ0n) is 16.8. The number of ketones is 1. The van der Waals surface area contributed by atoms with E-state index in [1.165, 1.54) is 18.2 Å². The Morgan fingerprint density at radius 1 is 1.14 bits per heavy atom. The van der Waals surface area contributed by atoms with Crippen LogP contribution in [0, 0.1) is 11.3 Å². The first-order valence-electron chi connectivity index (χ1n) is 9.04. The van der Waals surface area contributed by atoms with Gasteiger partial charge in [-0.15, -0.1) is 0 Å². The number of hydrogen-bond acceptors (Lipinski definition) is 7. The van der Waals surface area contributed by atoms with Crippen LogP contribution in [0.2, 0.25) is 0 Å². The highest BCUT2D eigenvalue weighted by Crippen LogP contribution is 2.32. The molecule has 0 fully saturated rings. The average Bonchev–Trinajstić information content (AvgIpc) is 2.62. The Balaban J connectivity index is 2.14. The summed E-state index contributed by atoms with van der Waals surface area (Å²) in [5.74, 6) is -0.643. The summed E-state index contributed by atoms with van der Waals surface area (Å²) in [4.78, 5) is 24.3. The molecule has 0 aliphatic carbocycles. The number of sulfonamides is 1. The zero-order chi connectivity index (χ0) is 21.1. The van der Waals surface area contributed by atoms with Crippen molar-refractivity contribution in [2.24, 2.45) is 11.3 Å². The highest BCUT2D eigenvalue weighted by atomic mass is 32.2. The molecule has 1 aliphatic rings. The van der Waals surface area contributed by atoms with Gasteiger partial charge in [-0.1, -0.05) is 34.6 Å². The maximum absolute atomic E-state index is 12.8. The van der Waals surface area contributed by atoms with Crippen LogP contribution in [0.15, 0.2) is 23.1 Å². The Labute approximate surface area is 165 Å². The van der Waals surface area contributed by atoms with Gasteiger partial charge in [-0.2, -0.15) is 4.72 Å². The summed E-state index contributed by atoms with van der Waals surface area (Å²) in [5.41, 5.74) is -0.654. The van der Waals surface area contributed by atoms with Crippen molar-refractivity contribution in [1.82, 2.24) is 4.72 Å². The van der Waals surface area contributed by atoms with Crippen molar-refractivity contribution in [2.45, 2.75) is 45.6 Å². The fraction of sp³-hybridized carbons (Fsp3) is 0.579. The molecule has 28 heavy (non-hydrogen) atoms. The summed E-state index contributed by atoms with van der Waals surface area (Å²) in [5, 5.41) is 0. The number of carbonyl (C=O) groups excluding carboxylic acids is 2. The van der Waals surface area contributed by atoms with Gasteiger partial charge in [0.2, 0.25) is 10.0 Å². The third-order valence-electron chi connectivity index (χ3n) is 4.21. The van der Waals surface area contributed by atoms with E-state index in [9.17, 15) is 18.0 Å². The topological polar surface area (TPSA) is 108 Å². The second kappa shape index (κ2) is 8.48. The Morgan fingerprint density at radius 2 is 1.75 bits per heavy atom. The second-order valence-corrected chi connectivity index (χ2v) is 9.64. The third kappa shape index (κ3) is 5.45. The summed E-state index contributed by atoms with van der Waals surface area (Å²) in [7, 11) is -4.02. The Kier molecular flexibility index (Phi) is 6.71. The molecule has 0 unspecified atom stereocenters. The normalized spacial score (nSPS) is 15.2. The molecule has 8 nitrogen and oxygen atoms in total. The molecular weight excluding hydrogens is 386 g/mol. The molecule has 0 aromatic heterocycles. The van der Waals surface area contributed by atoms with Crippen LogP contribution in [0.3, 0.4) is 0 Å². The van der Waals surface area contributed by atoms with E-state index in [1.807, 2.05) is 0 Å². The Bertz CT molecular complexity index is 840. The number of rotatable bonds is 7. The van der Waals surface area contributed by atoms with Crippen LogP contribution in [-0.2, 0) is 24.3 Å². The van der Waals surface area contributed by atoms with Crippen LogP contribution in [0.25, 0.3) is 0 Å². The number of carbonyl (C=O) groups is 2. The smallest absolute Gasteiger partial charge is 0.324 e. The number of esters is 1. The van der Waals surface area contributed by atoms with Crippen LogP contribution in [0.5, 0.6) is 11.5 Å². The lowest BCUT2D eigenvalue weighted by Crippen LogP contribution is -2.46. The van der Waals surface area contributed by atoms with E-state index in [0.717, 1.165) is 0 Å². The molecule has 0 saturated carbocycles. The van der Waals surface area contributed by atoms with E-state index in [4.69, 9.17) is 14.2 Å². The molecule has 1 atom stereocenters. The lowest BCUT2D eigenvalue weighted by atomic mass is 9.91. The second-order valence-electron chi connectivity index (χ2n) is 7.93. The van der Waals surface area contributed by atoms with Crippen molar-refractivity contribution in [1.29, 1.82) is 0 Å². The monoisotopic (exact) mass is 413 g/mol. The highest BCUT2D eigenvalue weighted by Gasteiger charge is 2.32. The number of nitrogens with one attached hydrogen (secondary N) is 1. The SMILES string of the molecule is CC(C)[C@H](NS(=O)(=O)c1ccc2c(c1)OCCO2)C(=O)OCC(=O)C(C)(C)C. The summed E-state index contributed by atoms with van der Waals surface area (Å²) in [6.07, 6.45) is 0. The lowest BCUT2D eigenvalue weighted by Gasteiger charge is -2.23. The lowest BCUT2D eigenvalue weighted by molar-refractivity contribution is -0.152. The predicted octanol–water partition coefficient (Wildman–Crippen LogP) is 1.92. The third-order valence-corrected chi connectivity index (χ3v) is 5.65. The highest BCUT2D eigenvalue weighted by molar-refractivity contribution is 7.89. The number of hydrogen-bond donors (Lipinski definition) is 1. The number of ether oxygens (including phenoxy) is 3. The molecule has 0 radical (unpaired) electrons. The van der Waals surface area contributed by atoms with Gasteiger partial charge in [0.05, 0.1) is 4.90 Å². The number of fused-ring (bicyclic) bond motifs is 1. The van der Waals surface area contributed by atoms with Gasteiger partial charge < -0.3 is 14.2 Å². The first-order valence-corrected chi connectivity index (χ1v) is 10.5. The van der Waals surface area contributed by atoms with E-state index >= 15 is 0 Å². The van der Waals surface area contributed by atoms with Crippen molar-refractivity contribution >= 4 is 21.8 Å². The molecule has 0 amide bonds. The van der Waals surface area contributed by atoms with Crippen molar-refractivity contribution in [2.75, 3.05) is 19.8 Å². The first kappa shape index (κ1) is 22.2. The van der Waals surface area contributed by atoms with Gasteiger partial charge in [0.15, 0.2) is 23.9 Å². The van der Waals surface area contributed by atoms with Gasteiger partial charge in [0.25, 0.3) is 0 Å². The number of Topliss-reactive ketones (excluding diaryl/α,β-unsaturated/α-hetero) is 1. The summed E-state index contributed by atoms with van der Waals surface area (Å²) < 4.78 is 43.7. The van der Waals surface area contributed by atoms with Crippen molar-refractivity contribution in [3.63, 3.8) is 0 Å². The van der Waals surface area contributed by atoms with E-state index in [2.05, 4.69) is 4.72 Å². The van der Waals surface area contributed by atoms with Crippen molar-refractivity contribution in [3.8, 4) is 11.5 Å². The molecule has 0 spiro atoms. The van der Waals surface area contributed by atoms with Gasteiger partial charge in [-0.25, -0.2) is 8.42 Å². The standard InChI is InChI=1S/C19H27NO7S/c1-12(2)17(18(22)27-11-16(21)19(3,4)5)20-28(23,24)13-6-7-14-15(10-13)26-9-8-25-14/h6-7,10,12,17,20H,8-9,11H2,1-5H3/t17-/m0/s1. The molecule has 1 aliphatic heterocycles. The minimum atomic E-state index is -4.02. The van der Waals surface area contributed by atoms with Crippen molar-refractivity contribution < 1.29 is 32.2 Å². The molecule has 1 N–H and O–H groups in total. The van der Waals surface area contributed by atoms with Crippen LogP contribution in [-0.4, -0.2) is 46.0 Å². The van der Waals surface area contributed by atoms with Gasteiger partial charge in [-0.3, -0.25) is 9.59 Å². The van der Waals surface area contributed by atoms with E-state index in [-0.39, 0.29) is 16.6 Å². The van der Waals surface area contributed by atoms with Gasteiger partial charge in [-0.05, 0) is 18.1 Å². The van der Waals surface area contributed by atoms with Gasteiger partial charge in [0.1, 0.15) is 19.3 Å². The average molecular weight is 413 g/mol. The molecular formula is C19H27NO7S. The Morgan fingerprint density at radius 3 is 2.32 bits per heavy atom. The van der Waals surface area contributed by atoms with Crippen LogP contribution in [0.4, 0.5) is 0 Å². The molecule has 156 valence electrons. The zero-order valence-corrected chi connectivity index (χ0v) is 17.6. The minimum Gasteiger partial charge on any atom is -0.486 e. The molecule has 0 bridgehead atoms. The van der Waals surface area contributed by atoms with E-state index in [1.54, 1.807) is 34.6 Å². The van der Waals surface area contributed by atoms with Gasteiger partial charge >= 0.3 is 5.97 Å². The molecule has 2 rings (SSSR count). The summed E-state index contributed by atoms with van der Waals surface area (Å²) in [6, 6.07) is 3.10. The van der Waals surface area contributed by atoms with Crippen molar-refractivity contribution in [3.05, 3.63) is 18.2 Å². The van der Waals surface area contributed by atoms with Gasteiger partial charge in [0, 0.05) is 11.5 Å². The fourth-order valence-corrected chi connectivity index (χ4v) is 3.67. The molecule has 9 heteroatoms.